The number of rotatable bonds is 8. The summed E-state index contributed by atoms with van der Waals surface area (Å²) >= 11 is 0. The monoisotopic (exact) mass is 300 g/mol. The van der Waals surface area contributed by atoms with E-state index in [-0.39, 0.29) is 5.97 Å². The van der Waals surface area contributed by atoms with Crippen LogP contribution in [0.2, 0.25) is 0 Å². The van der Waals surface area contributed by atoms with Crippen molar-refractivity contribution in [3.63, 3.8) is 0 Å². The van der Waals surface area contributed by atoms with E-state index in [1.54, 1.807) is 24.1 Å². The smallest absolute Gasteiger partial charge is 0.330 e. The maximum absolute atomic E-state index is 11.6. The summed E-state index contributed by atoms with van der Waals surface area (Å²) in [5, 5.41) is 4.26. The van der Waals surface area contributed by atoms with Crippen molar-refractivity contribution in [1.29, 1.82) is 0 Å². The van der Waals surface area contributed by atoms with Gasteiger partial charge in [0.15, 0.2) is 0 Å². The zero-order valence-electron chi connectivity index (χ0n) is 12.6. The Bertz CT molecular complexity index is 605. The lowest BCUT2D eigenvalue weighted by Gasteiger charge is -2.01. The number of nitrogens with zero attached hydrogens (tertiary/aromatic N) is 2. The van der Waals surface area contributed by atoms with E-state index in [9.17, 15) is 4.79 Å². The van der Waals surface area contributed by atoms with Crippen LogP contribution in [0.4, 0.5) is 0 Å². The number of methoxy groups -OCH3 is 1. The van der Waals surface area contributed by atoms with Crippen molar-refractivity contribution in [3.8, 4) is 5.69 Å². The van der Waals surface area contributed by atoms with Crippen molar-refractivity contribution in [3.05, 3.63) is 54.4 Å². The molecule has 0 aliphatic rings. The van der Waals surface area contributed by atoms with Crippen LogP contribution in [-0.4, -0.2) is 36.1 Å². The highest BCUT2D eigenvalue weighted by Gasteiger charge is 2.00. The van der Waals surface area contributed by atoms with E-state index in [0.29, 0.717) is 13.2 Å². The molecule has 5 heteroatoms. The molecule has 0 radical (unpaired) electrons. The highest BCUT2D eigenvalue weighted by Crippen LogP contribution is 2.08. The molecule has 22 heavy (non-hydrogen) atoms. The molecule has 1 aromatic carbocycles. The summed E-state index contributed by atoms with van der Waals surface area (Å²) in [4.78, 5) is 11.6. The minimum atomic E-state index is -0.343. The van der Waals surface area contributed by atoms with Crippen molar-refractivity contribution in [2.45, 2.75) is 12.8 Å². The molecule has 0 saturated carbocycles. The molecule has 2 rings (SSSR count). The molecule has 2 aromatic rings. The fourth-order valence-corrected chi connectivity index (χ4v) is 1.88. The van der Waals surface area contributed by atoms with E-state index in [1.165, 1.54) is 6.08 Å². The SMILES string of the molecule is COCCCCOC(=O)C=Cc1cnn(-c2ccccc2)c1. The minimum Gasteiger partial charge on any atom is -0.463 e. The zero-order valence-corrected chi connectivity index (χ0v) is 12.6. The Morgan fingerprint density at radius 2 is 2.00 bits per heavy atom. The largest absolute Gasteiger partial charge is 0.463 e. The summed E-state index contributed by atoms with van der Waals surface area (Å²) in [5.74, 6) is -0.343. The third-order valence-electron chi connectivity index (χ3n) is 3.02. The number of para-hydroxylation sites is 1. The van der Waals surface area contributed by atoms with Gasteiger partial charge in [0, 0.05) is 31.6 Å². The quantitative estimate of drug-likeness (QED) is 0.427. The Kier molecular flexibility index (Phi) is 6.39. The molecule has 1 aromatic heterocycles. The molecule has 0 fully saturated rings. The van der Waals surface area contributed by atoms with Crippen LogP contribution in [-0.2, 0) is 14.3 Å². The van der Waals surface area contributed by atoms with Gasteiger partial charge >= 0.3 is 5.97 Å². The lowest BCUT2D eigenvalue weighted by Crippen LogP contribution is -2.03. The van der Waals surface area contributed by atoms with Gasteiger partial charge in [0.05, 0.1) is 18.5 Å². The van der Waals surface area contributed by atoms with Crippen molar-refractivity contribution in [1.82, 2.24) is 9.78 Å². The lowest BCUT2D eigenvalue weighted by atomic mass is 10.3. The molecule has 5 nitrogen and oxygen atoms in total. The van der Waals surface area contributed by atoms with Crippen LogP contribution in [0.25, 0.3) is 11.8 Å². The number of carbonyl (C=O) groups is 1. The van der Waals surface area contributed by atoms with Crippen LogP contribution in [0.3, 0.4) is 0 Å². The average Bonchev–Trinajstić information content (AvgIpc) is 3.02. The topological polar surface area (TPSA) is 53.4 Å². The first kappa shape index (κ1) is 16.0. The van der Waals surface area contributed by atoms with E-state index in [0.717, 1.165) is 24.1 Å². The first-order valence-electron chi connectivity index (χ1n) is 7.23. The van der Waals surface area contributed by atoms with Crippen molar-refractivity contribution in [2.75, 3.05) is 20.3 Å². The molecule has 0 unspecified atom stereocenters. The van der Waals surface area contributed by atoms with Gasteiger partial charge in [0.25, 0.3) is 0 Å². The molecule has 0 saturated heterocycles. The molecule has 0 aliphatic heterocycles. The minimum absolute atomic E-state index is 0.343. The first-order chi connectivity index (χ1) is 10.8. The second-order valence-electron chi connectivity index (χ2n) is 4.75. The van der Waals surface area contributed by atoms with E-state index < -0.39 is 0 Å². The maximum atomic E-state index is 11.6. The second-order valence-corrected chi connectivity index (χ2v) is 4.75. The predicted molar refractivity (Wildman–Crippen MR) is 84.7 cm³/mol. The molecule has 0 atom stereocenters. The lowest BCUT2D eigenvalue weighted by molar-refractivity contribution is -0.137. The Morgan fingerprint density at radius 1 is 1.23 bits per heavy atom. The number of carbonyl (C=O) groups excluding carboxylic acids is 1. The molecule has 0 aliphatic carbocycles. The summed E-state index contributed by atoms with van der Waals surface area (Å²) in [6, 6.07) is 9.79. The predicted octanol–water partition coefficient (Wildman–Crippen LogP) is 2.86. The average molecular weight is 300 g/mol. The van der Waals surface area contributed by atoms with E-state index in [1.807, 2.05) is 36.5 Å². The summed E-state index contributed by atoms with van der Waals surface area (Å²) in [6.45, 7) is 1.10. The first-order valence-corrected chi connectivity index (χ1v) is 7.23. The number of benzene rings is 1. The summed E-state index contributed by atoms with van der Waals surface area (Å²) < 4.78 is 11.8. The van der Waals surface area contributed by atoms with Crippen LogP contribution < -0.4 is 0 Å². The van der Waals surface area contributed by atoms with Gasteiger partial charge in [-0.25, -0.2) is 9.48 Å². The van der Waals surface area contributed by atoms with Crippen LogP contribution in [0.15, 0.2) is 48.8 Å². The fourth-order valence-electron chi connectivity index (χ4n) is 1.88. The summed E-state index contributed by atoms with van der Waals surface area (Å²) in [6.07, 6.45) is 8.37. The van der Waals surface area contributed by atoms with Gasteiger partial charge in [-0.1, -0.05) is 18.2 Å². The summed E-state index contributed by atoms with van der Waals surface area (Å²) in [5.41, 5.74) is 1.82. The van der Waals surface area contributed by atoms with Gasteiger partial charge in [0.2, 0.25) is 0 Å². The molecular weight excluding hydrogens is 280 g/mol. The third-order valence-corrected chi connectivity index (χ3v) is 3.02. The van der Waals surface area contributed by atoms with Gasteiger partial charge in [-0.15, -0.1) is 0 Å². The van der Waals surface area contributed by atoms with Gasteiger partial charge in [-0.2, -0.15) is 5.10 Å². The molecule has 0 bridgehead atoms. The highest BCUT2D eigenvalue weighted by molar-refractivity contribution is 5.86. The third kappa shape index (κ3) is 5.18. The molecule has 1 heterocycles. The van der Waals surface area contributed by atoms with E-state index in [2.05, 4.69) is 5.10 Å². The van der Waals surface area contributed by atoms with E-state index >= 15 is 0 Å². The number of hydrogen-bond donors (Lipinski definition) is 0. The van der Waals surface area contributed by atoms with Gasteiger partial charge in [-0.05, 0) is 31.1 Å². The van der Waals surface area contributed by atoms with E-state index in [4.69, 9.17) is 9.47 Å². The standard InChI is InChI=1S/C17H20N2O3/c1-21-11-5-6-12-22-17(20)10-9-15-13-18-19(14-15)16-7-3-2-4-8-16/h2-4,7-10,13-14H,5-6,11-12H2,1H3. The number of ether oxygens (including phenoxy) is 2. The molecular formula is C17H20N2O3. The van der Waals surface area contributed by atoms with Gasteiger partial charge < -0.3 is 9.47 Å². The Balaban J connectivity index is 1.81. The Labute approximate surface area is 130 Å². The number of esters is 1. The Morgan fingerprint density at radius 3 is 2.77 bits per heavy atom. The molecule has 0 spiro atoms. The fraction of sp³-hybridized carbons (Fsp3) is 0.294. The molecule has 116 valence electrons. The molecule has 0 amide bonds. The second kappa shape index (κ2) is 8.79. The Hall–Kier alpha value is -2.40. The molecule has 0 N–H and O–H groups in total. The summed E-state index contributed by atoms with van der Waals surface area (Å²) in [7, 11) is 1.66. The highest BCUT2D eigenvalue weighted by atomic mass is 16.5. The van der Waals surface area contributed by atoms with Crippen LogP contribution >= 0.6 is 0 Å². The number of unbranched alkanes of at least 4 members (excludes halogenated alkanes) is 1. The number of aromatic nitrogens is 2. The normalized spacial score (nSPS) is 11.0. The van der Waals surface area contributed by atoms with Crippen molar-refractivity contribution < 1.29 is 14.3 Å². The van der Waals surface area contributed by atoms with Crippen molar-refractivity contribution >= 4 is 12.0 Å². The number of hydrogen-bond acceptors (Lipinski definition) is 4. The van der Waals surface area contributed by atoms with Crippen LogP contribution in [0.5, 0.6) is 0 Å². The van der Waals surface area contributed by atoms with Crippen LogP contribution in [0, 0.1) is 0 Å². The van der Waals surface area contributed by atoms with Gasteiger partial charge in [0.1, 0.15) is 0 Å². The maximum Gasteiger partial charge on any atom is 0.330 e. The van der Waals surface area contributed by atoms with Crippen LogP contribution in [0.1, 0.15) is 18.4 Å². The zero-order chi connectivity index (χ0) is 15.6. The van der Waals surface area contributed by atoms with Crippen molar-refractivity contribution in [2.24, 2.45) is 0 Å². The van der Waals surface area contributed by atoms with Gasteiger partial charge in [-0.3, -0.25) is 0 Å².